The van der Waals surface area contributed by atoms with Gasteiger partial charge in [-0.25, -0.2) is 9.67 Å². The zero-order valence-electron chi connectivity index (χ0n) is 17.6. The fraction of sp³-hybridized carbons (Fsp3) is 0.174. The molecule has 162 valence electrons. The summed E-state index contributed by atoms with van der Waals surface area (Å²) in [7, 11) is 3.73. The van der Waals surface area contributed by atoms with Crippen LogP contribution in [0, 0.1) is 4.77 Å². The number of hydrogen-bond acceptors (Lipinski definition) is 7. The third kappa shape index (κ3) is 4.00. The monoisotopic (exact) mass is 479 g/mol. The number of para-hydroxylation sites is 3. The highest BCUT2D eigenvalue weighted by molar-refractivity contribution is 7.71. The van der Waals surface area contributed by atoms with Crippen LogP contribution in [0.4, 0.5) is 0 Å². The van der Waals surface area contributed by atoms with E-state index in [-0.39, 0.29) is 0 Å². The predicted molar refractivity (Wildman–Crippen MR) is 133 cm³/mol. The Labute approximate surface area is 199 Å². The van der Waals surface area contributed by atoms with Crippen molar-refractivity contribution >= 4 is 45.1 Å². The average Bonchev–Trinajstić information content (AvgIpc) is 3.53. The molecule has 0 unspecified atom stereocenters. The minimum Gasteiger partial charge on any atom is -0.495 e. The van der Waals surface area contributed by atoms with Crippen molar-refractivity contribution in [1.82, 2.24) is 24.2 Å². The Bertz CT molecular complexity index is 1380. The zero-order chi connectivity index (χ0) is 22.1. The van der Waals surface area contributed by atoms with E-state index < -0.39 is 0 Å². The molecule has 3 aromatic heterocycles. The van der Waals surface area contributed by atoms with Crippen molar-refractivity contribution in [3.8, 4) is 22.1 Å². The molecule has 0 atom stereocenters. The molecule has 0 bridgehead atoms. The SMILES string of the molecule is COc1ccccc1-n1c(-c2cccs2)nn(CN(C)Cc2nc3ccccc3s2)c1=S. The van der Waals surface area contributed by atoms with Crippen molar-refractivity contribution in [2.45, 2.75) is 13.2 Å². The molecule has 5 aromatic rings. The molecule has 32 heavy (non-hydrogen) atoms. The predicted octanol–water partition coefficient (Wildman–Crippen LogP) is 5.84. The maximum absolute atomic E-state index is 5.88. The summed E-state index contributed by atoms with van der Waals surface area (Å²) < 4.78 is 11.3. The third-order valence-electron chi connectivity index (χ3n) is 5.03. The second kappa shape index (κ2) is 8.95. The summed E-state index contributed by atoms with van der Waals surface area (Å²) in [5, 5.41) is 8.02. The van der Waals surface area contributed by atoms with E-state index >= 15 is 0 Å². The lowest BCUT2D eigenvalue weighted by Crippen LogP contribution is -2.22. The Hall–Kier alpha value is -2.85. The fourth-order valence-electron chi connectivity index (χ4n) is 3.59. The standard InChI is InChI=1S/C23H21N5OS3/c1-26(14-21-24-16-8-3-6-11-19(16)32-21)15-27-23(30)28(17-9-4-5-10-18(17)29-2)22(25-27)20-12-7-13-31-20/h3-13H,14-15H2,1-2H3. The summed E-state index contributed by atoms with van der Waals surface area (Å²) in [6.45, 7) is 1.27. The maximum Gasteiger partial charge on any atom is 0.204 e. The molecule has 3 heterocycles. The van der Waals surface area contributed by atoms with Gasteiger partial charge in [-0.2, -0.15) is 0 Å². The first-order valence-corrected chi connectivity index (χ1v) is 12.1. The summed E-state index contributed by atoms with van der Waals surface area (Å²) in [6, 6.07) is 20.2. The second-order valence-electron chi connectivity index (χ2n) is 7.32. The molecule has 5 rings (SSSR count). The van der Waals surface area contributed by atoms with Gasteiger partial charge in [0.1, 0.15) is 10.8 Å². The lowest BCUT2D eigenvalue weighted by atomic mass is 10.3. The Morgan fingerprint density at radius 3 is 2.66 bits per heavy atom. The number of methoxy groups -OCH3 is 1. The van der Waals surface area contributed by atoms with Gasteiger partial charge in [0.25, 0.3) is 0 Å². The average molecular weight is 480 g/mol. The molecular weight excluding hydrogens is 458 g/mol. The van der Waals surface area contributed by atoms with Crippen LogP contribution in [-0.4, -0.2) is 38.4 Å². The fourth-order valence-corrected chi connectivity index (χ4v) is 5.62. The van der Waals surface area contributed by atoms with Gasteiger partial charge >= 0.3 is 0 Å². The summed E-state index contributed by atoms with van der Waals surface area (Å²) in [4.78, 5) is 7.97. The lowest BCUT2D eigenvalue weighted by Gasteiger charge is -2.14. The number of nitrogens with zero attached hydrogens (tertiary/aromatic N) is 5. The first-order chi connectivity index (χ1) is 15.6. The van der Waals surface area contributed by atoms with E-state index in [1.807, 2.05) is 63.2 Å². The van der Waals surface area contributed by atoms with Crippen molar-refractivity contribution < 1.29 is 4.74 Å². The molecular formula is C23H21N5OS3. The van der Waals surface area contributed by atoms with Gasteiger partial charge in [-0.15, -0.1) is 27.8 Å². The highest BCUT2D eigenvalue weighted by atomic mass is 32.1. The quantitative estimate of drug-likeness (QED) is 0.275. The molecule has 2 aromatic carbocycles. The van der Waals surface area contributed by atoms with Crippen LogP contribution in [0.2, 0.25) is 0 Å². The molecule has 0 N–H and O–H groups in total. The van der Waals surface area contributed by atoms with E-state index in [9.17, 15) is 0 Å². The van der Waals surface area contributed by atoms with E-state index in [0.717, 1.165) is 39.2 Å². The minimum absolute atomic E-state index is 0.551. The van der Waals surface area contributed by atoms with E-state index in [2.05, 4.69) is 24.1 Å². The molecule has 6 nitrogen and oxygen atoms in total. The summed E-state index contributed by atoms with van der Waals surface area (Å²) in [5.41, 5.74) is 1.92. The van der Waals surface area contributed by atoms with E-state index in [1.165, 1.54) is 4.70 Å². The Balaban J connectivity index is 1.49. The topological polar surface area (TPSA) is 48.1 Å². The molecule has 0 saturated carbocycles. The number of ether oxygens (including phenoxy) is 1. The summed E-state index contributed by atoms with van der Waals surface area (Å²) >= 11 is 9.24. The van der Waals surface area contributed by atoms with Crippen molar-refractivity contribution in [2.75, 3.05) is 14.2 Å². The zero-order valence-corrected chi connectivity index (χ0v) is 20.1. The van der Waals surface area contributed by atoms with E-state index in [4.69, 9.17) is 27.0 Å². The van der Waals surface area contributed by atoms with Crippen LogP contribution >= 0.6 is 34.9 Å². The van der Waals surface area contributed by atoms with Crippen LogP contribution in [0.25, 0.3) is 26.6 Å². The first-order valence-electron chi connectivity index (χ1n) is 10.0. The van der Waals surface area contributed by atoms with Crippen molar-refractivity contribution in [2.24, 2.45) is 0 Å². The molecule has 0 saturated heterocycles. The number of benzene rings is 2. The molecule has 0 amide bonds. The maximum atomic E-state index is 5.88. The number of thiazole rings is 1. The van der Waals surface area contributed by atoms with Crippen LogP contribution in [0.3, 0.4) is 0 Å². The summed E-state index contributed by atoms with van der Waals surface area (Å²) in [5.74, 6) is 1.56. The highest BCUT2D eigenvalue weighted by Gasteiger charge is 2.19. The first kappa shape index (κ1) is 21.0. The van der Waals surface area contributed by atoms with Gasteiger partial charge in [0.2, 0.25) is 4.77 Å². The van der Waals surface area contributed by atoms with Gasteiger partial charge in [0.05, 0.1) is 41.1 Å². The minimum atomic E-state index is 0.551. The van der Waals surface area contributed by atoms with Gasteiger partial charge in [-0.3, -0.25) is 9.47 Å². The molecule has 0 radical (unpaired) electrons. The molecule has 9 heteroatoms. The molecule has 0 aliphatic heterocycles. The van der Waals surface area contributed by atoms with Crippen LogP contribution in [-0.2, 0) is 13.2 Å². The number of thiophene rings is 1. The van der Waals surface area contributed by atoms with Gasteiger partial charge in [0, 0.05) is 0 Å². The van der Waals surface area contributed by atoms with Gasteiger partial charge < -0.3 is 4.74 Å². The van der Waals surface area contributed by atoms with Crippen LogP contribution in [0.1, 0.15) is 5.01 Å². The smallest absolute Gasteiger partial charge is 0.204 e. The Morgan fingerprint density at radius 1 is 1.06 bits per heavy atom. The van der Waals surface area contributed by atoms with Crippen molar-refractivity contribution in [3.63, 3.8) is 0 Å². The molecule has 0 aliphatic carbocycles. The Kier molecular flexibility index (Phi) is 5.88. The highest BCUT2D eigenvalue weighted by Crippen LogP contribution is 2.31. The molecule has 0 aliphatic rings. The van der Waals surface area contributed by atoms with Crippen molar-refractivity contribution in [1.29, 1.82) is 0 Å². The summed E-state index contributed by atoms with van der Waals surface area (Å²) in [6.07, 6.45) is 0. The number of aromatic nitrogens is 4. The number of rotatable bonds is 7. The number of hydrogen-bond donors (Lipinski definition) is 0. The molecule has 0 spiro atoms. The largest absolute Gasteiger partial charge is 0.495 e. The van der Waals surface area contributed by atoms with Crippen LogP contribution in [0.15, 0.2) is 66.0 Å². The third-order valence-corrected chi connectivity index (χ3v) is 7.31. The number of fused-ring (bicyclic) bond motifs is 1. The van der Waals surface area contributed by atoms with Gasteiger partial charge in [0.15, 0.2) is 5.82 Å². The van der Waals surface area contributed by atoms with Crippen LogP contribution in [0.5, 0.6) is 5.75 Å². The Morgan fingerprint density at radius 2 is 1.88 bits per heavy atom. The van der Waals surface area contributed by atoms with Crippen LogP contribution < -0.4 is 4.74 Å². The normalized spacial score (nSPS) is 11.5. The lowest BCUT2D eigenvalue weighted by molar-refractivity contribution is 0.244. The molecule has 0 fully saturated rings. The van der Waals surface area contributed by atoms with Gasteiger partial charge in [-0.05, 0) is 55.0 Å². The van der Waals surface area contributed by atoms with E-state index in [1.54, 1.807) is 29.8 Å². The van der Waals surface area contributed by atoms with Gasteiger partial charge in [-0.1, -0.05) is 30.3 Å². The van der Waals surface area contributed by atoms with Crippen molar-refractivity contribution in [3.05, 3.63) is 75.8 Å². The van der Waals surface area contributed by atoms with E-state index in [0.29, 0.717) is 11.4 Å². The second-order valence-corrected chi connectivity index (χ2v) is 9.75.